The maximum absolute atomic E-state index is 9.71. The molecule has 0 spiro atoms. The van der Waals surface area contributed by atoms with E-state index in [-0.39, 0.29) is 6.61 Å². The van der Waals surface area contributed by atoms with Crippen molar-refractivity contribution in [2.75, 3.05) is 50.8 Å². The molecular formula is C17H27N3O2. The quantitative estimate of drug-likeness (QED) is 0.844. The number of aliphatic hydroxyl groups excluding tert-OH is 2. The van der Waals surface area contributed by atoms with E-state index in [0.29, 0.717) is 24.4 Å². The molecule has 2 saturated heterocycles. The number of pyridine rings is 1. The molecule has 3 heterocycles. The molecule has 0 saturated carbocycles. The molecule has 2 aliphatic heterocycles. The van der Waals surface area contributed by atoms with Crippen molar-refractivity contribution < 1.29 is 10.2 Å². The van der Waals surface area contributed by atoms with Crippen LogP contribution in [0.15, 0.2) is 24.4 Å². The Hall–Kier alpha value is -1.17. The van der Waals surface area contributed by atoms with Crippen LogP contribution in [0.25, 0.3) is 0 Å². The minimum absolute atomic E-state index is 0.251. The summed E-state index contributed by atoms with van der Waals surface area (Å²) in [6.07, 6.45) is 4.02. The molecule has 1 aromatic rings. The highest BCUT2D eigenvalue weighted by molar-refractivity contribution is 5.39. The number of rotatable bonds is 5. The van der Waals surface area contributed by atoms with Crippen LogP contribution in [0.4, 0.5) is 5.82 Å². The first kappa shape index (κ1) is 15.7. The van der Waals surface area contributed by atoms with Gasteiger partial charge in [-0.05, 0) is 49.9 Å². The lowest BCUT2D eigenvalue weighted by molar-refractivity contribution is 0.106. The molecule has 1 aromatic heterocycles. The number of likely N-dealkylation sites (tertiary alicyclic amines) is 1. The number of aliphatic hydroxyl groups is 2. The van der Waals surface area contributed by atoms with Crippen LogP contribution in [0.3, 0.4) is 0 Å². The molecule has 0 amide bonds. The van der Waals surface area contributed by atoms with Crippen molar-refractivity contribution >= 4 is 5.82 Å². The highest BCUT2D eigenvalue weighted by atomic mass is 16.3. The number of hydrogen-bond donors (Lipinski definition) is 2. The SMILES string of the molecule is OCC1CCN(C[C@@H]2CN(c3ccccn3)C[C@@H]2CO)CC1. The van der Waals surface area contributed by atoms with E-state index in [1.165, 1.54) is 0 Å². The predicted octanol–water partition coefficient (Wildman–Crippen LogP) is 0.831. The van der Waals surface area contributed by atoms with Crippen molar-refractivity contribution in [2.45, 2.75) is 12.8 Å². The van der Waals surface area contributed by atoms with Gasteiger partial charge in [0, 0.05) is 45.0 Å². The molecule has 22 heavy (non-hydrogen) atoms. The highest BCUT2D eigenvalue weighted by Gasteiger charge is 2.34. The molecule has 0 bridgehead atoms. The van der Waals surface area contributed by atoms with E-state index in [1.54, 1.807) is 0 Å². The number of anilines is 1. The van der Waals surface area contributed by atoms with Crippen LogP contribution in [0.1, 0.15) is 12.8 Å². The molecule has 0 unspecified atom stereocenters. The van der Waals surface area contributed by atoms with Gasteiger partial charge in [0.1, 0.15) is 5.82 Å². The van der Waals surface area contributed by atoms with E-state index in [1.807, 2.05) is 24.4 Å². The van der Waals surface area contributed by atoms with Crippen LogP contribution in [0.2, 0.25) is 0 Å². The van der Waals surface area contributed by atoms with E-state index < -0.39 is 0 Å². The lowest BCUT2D eigenvalue weighted by Gasteiger charge is -2.33. The molecule has 0 aliphatic carbocycles. The van der Waals surface area contributed by atoms with Crippen LogP contribution in [-0.4, -0.2) is 66.0 Å². The van der Waals surface area contributed by atoms with Gasteiger partial charge >= 0.3 is 0 Å². The second-order valence-corrected chi connectivity index (χ2v) is 6.72. The normalized spacial score (nSPS) is 27.5. The highest BCUT2D eigenvalue weighted by Crippen LogP contribution is 2.28. The van der Waals surface area contributed by atoms with Crippen LogP contribution in [-0.2, 0) is 0 Å². The predicted molar refractivity (Wildman–Crippen MR) is 86.8 cm³/mol. The van der Waals surface area contributed by atoms with Crippen molar-refractivity contribution in [1.29, 1.82) is 0 Å². The molecule has 2 aliphatic rings. The Kier molecular flexibility index (Phi) is 5.28. The Morgan fingerprint density at radius 3 is 2.45 bits per heavy atom. The van der Waals surface area contributed by atoms with Gasteiger partial charge in [-0.3, -0.25) is 0 Å². The zero-order valence-electron chi connectivity index (χ0n) is 13.1. The van der Waals surface area contributed by atoms with Crippen molar-refractivity contribution in [3.63, 3.8) is 0 Å². The largest absolute Gasteiger partial charge is 0.396 e. The second-order valence-electron chi connectivity index (χ2n) is 6.72. The summed E-state index contributed by atoms with van der Waals surface area (Å²) in [4.78, 5) is 9.23. The first-order valence-corrected chi connectivity index (χ1v) is 8.40. The molecule has 2 atom stereocenters. The van der Waals surface area contributed by atoms with E-state index in [9.17, 15) is 10.2 Å². The van der Waals surface area contributed by atoms with Crippen LogP contribution < -0.4 is 4.90 Å². The number of aromatic nitrogens is 1. The monoisotopic (exact) mass is 305 g/mol. The van der Waals surface area contributed by atoms with Crippen molar-refractivity contribution in [1.82, 2.24) is 9.88 Å². The second kappa shape index (κ2) is 7.40. The Balaban J connectivity index is 1.57. The van der Waals surface area contributed by atoms with Crippen LogP contribution >= 0.6 is 0 Å². The molecule has 2 fully saturated rings. The fourth-order valence-electron chi connectivity index (χ4n) is 3.76. The fourth-order valence-corrected chi connectivity index (χ4v) is 3.76. The third kappa shape index (κ3) is 3.59. The minimum Gasteiger partial charge on any atom is -0.396 e. The van der Waals surface area contributed by atoms with Gasteiger partial charge in [0.15, 0.2) is 0 Å². The van der Waals surface area contributed by atoms with E-state index >= 15 is 0 Å². The topological polar surface area (TPSA) is 59.8 Å². The summed E-state index contributed by atoms with van der Waals surface area (Å²) in [5.74, 6) is 2.33. The van der Waals surface area contributed by atoms with Crippen LogP contribution in [0.5, 0.6) is 0 Å². The Labute approximate surface area is 132 Å². The molecule has 5 heteroatoms. The maximum atomic E-state index is 9.71. The standard InChI is InChI=1S/C17H27N3O2/c21-12-14-4-7-19(8-5-14)9-15-10-20(11-16(15)13-22)17-3-1-2-6-18-17/h1-3,6,14-16,21-22H,4-5,7-13H2/t15-,16-/m1/s1. The third-order valence-electron chi connectivity index (χ3n) is 5.24. The maximum Gasteiger partial charge on any atom is 0.128 e. The van der Waals surface area contributed by atoms with Gasteiger partial charge in [0.25, 0.3) is 0 Å². The van der Waals surface area contributed by atoms with Crippen molar-refractivity contribution in [3.8, 4) is 0 Å². The lowest BCUT2D eigenvalue weighted by Crippen LogP contribution is -2.40. The molecular weight excluding hydrogens is 278 g/mol. The Morgan fingerprint density at radius 1 is 1.05 bits per heavy atom. The van der Waals surface area contributed by atoms with E-state index in [4.69, 9.17) is 0 Å². The fraction of sp³-hybridized carbons (Fsp3) is 0.706. The summed E-state index contributed by atoms with van der Waals surface area (Å²) >= 11 is 0. The van der Waals surface area contributed by atoms with Gasteiger partial charge < -0.3 is 20.0 Å². The summed E-state index contributed by atoms with van der Waals surface area (Å²) in [5.41, 5.74) is 0. The Morgan fingerprint density at radius 2 is 1.82 bits per heavy atom. The third-order valence-corrected chi connectivity index (χ3v) is 5.24. The molecule has 0 aromatic carbocycles. The zero-order valence-corrected chi connectivity index (χ0v) is 13.1. The van der Waals surface area contributed by atoms with Gasteiger partial charge in [-0.15, -0.1) is 0 Å². The first-order chi connectivity index (χ1) is 10.8. The lowest BCUT2D eigenvalue weighted by atomic mass is 9.93. The summed E-state index contributed by atoms with van der Waals surface area (Å²) < 4.78 is 0. The number of nitrogens with zero attached hydrogens (tertiary/aromatic N) is 3. The van der Waals surface area contributed by atoms with Crippen molar-refractivity contribution in [2.24, 2.45) is 17.8 Å². The molecule has 0 radical (unpaired) electrons. The van der Waals surface area contributed by atoms with Gasteiger partial charge in [-0.1, -0.05) is 6.07 Å². The van der Waals surface area contributed by atoms with E-state index in [0.717, 1.165) is 51.4 Å². The average molecular weight is 305 g/mol. The van der Waals surface area contributed by atoms with E-state index in [2.05, 4.69) is 14.8 Å². The van der Waals surface area contributed by atoms with Gasteiger partial charge in [-0.25, -0.2) is 4.98 Å². The summed E-state index contributed by atoms with van der Waals surface area (Å²) in [6, 6.07) is 6.00. The van der Waals surface area contributed by atoms with Gasteiger partial charge in [0.05, 0.1) is 0 Å². The molecule has 122 valence electrons. The molecule has 3 rings (SSSR count). The van der Waals surface area contributed by atoms with Gasteiger partial charge in [0.2, 0.25) is 0 Å². The summed E-state index contributed by atoms with van der Waals surface area (Å²) in [7, 11) is 0. The summed E-state index contributed by atoms with van der Waals surface area (Å²) in [6.45, 7) is 5.64. The molecule has 2 N–H and O–H groups in total. The first-order valence-electron chi connectivity index (χ1n) is 8.40. The average Bonchev–Trinajstić information content (AvgIpc) is 2.99. The minimum atomic E-state index is 0.251. The smallest absolute Gasteiger partial charge is 0.128 e. The number of piperidine rings is 1. The molecule has 5 nitrogen and oxygen atoms in total. The van der Waals surface area contributed by atoms with Crippen LogP contribution in [0, 0.1) is 17.8 Å². The van der Waals surface area contributed by atoms with Crippen molar-refractivity contribution in [3.05, 3.63) is 24.4 Å². The zero-order chi connectivity index (χ0) is 15.4. The number of hydrogen-bond acceptors (Lipinski definition) is 5. The summed E-state index contributed by atoms with van der Waals surface area (Å²) in [5, 5.41) is 18.9. The van der Waals surface area contributed by atoms with Gasteiger partial charge in [-0.2, -0.15) is 0 Å². The Bertz CT molecular complexity index is 448.